The Balaban J connectivity index is 4.87. The van der Waals surface area contributed by atoms with E-state index < -0.39 is 0 Å². The smallest absolute Gasteiger partial charge is 0.0692 e. The van der Waals surface area contributed by atoms with E-state index in [9.17, 15) is 0 Å². The predicted molar refractivity (Wildman–Crippen MR) is 52.7 cm³/mol. The molecule has 0 heterocycles. The largest absolute Gasteiger partial charge is 0.411 e. The van der Waals surface area contributed by atoms with Gasteiger partial charge in [-0.25, -0.2) is 0 Å². The number of hydrogen-bond acceptors (Lipinski definition) is 2. The summed E-state index contributed by atoms with van der Waals surface area (Å²) < 4.78 is 0. The summed E-state index contributed by atoms with van der Waals surface area (Å²) in [5, 5.41) is 12.2. The van der Waals surface area contributed by atoms with Gasteiger partial charge in [-0.05, 0) is 12.8 Å². The molecule has 0 unspecified atom stereocenters. The summed E-state index contributed by atoms with van der Waals surface area (Å²) in [4.78, 5) is 0. The Morgan fingerprint density at radius 2 is 1.83 bits per heavy atom. The lowest BCUT2D eigenvalue weighted by atomic mass is 9.77. The standard InChI is InChI=1S/C10H19NO/c1-7(2)9(11-12)10(5,6)8(3)4/h7,12H,3H2,1-2,4-6H3/b11-9+. The van der Waals surface area contributed by atoms with Crippen molar-refractivity contribution in [3.8, 4) is 0 Å². The predicted octanol–water partition coefficient (Wildman–Crippen LogP) is 3.07. The van der Waals surface area contributed by atoms with Crippen molar-refractivity contribution in [3.05, 3.63) is 12.2 Å². The summed E-state index contributed by atoms with van der Waals surface area (Å²) in [5.41, 5.74) is 1.60. The van der Waals surface area contributed by atoms with Crippen molar-refractivity contribution < 1.29 is 5.21 Å². The van der Waals surface area contributed by atoms with Crippen LogP contribution >= 0.6 is 0 Å². The first-order valence-electron chi connectivity index (χ1n) is 4.22. The molecule has 70 valence electrons. The average Bonchev–Trinajstić information content (AvgIpc) is 1.86. The molecule has 1 N–H and O–H groups in total. The van der Waals surface area contributed by atoms with E-state index in [1.54, 1.807) is 0 Å². The minimum atomic E-state index is -0.205. The van der Waals surface area contributed by atoms with E-state index in [1.165, 1.54) is 0 Å². The van der Waals surface area contributed by atoms with Crippen molar-refractivity contribution in [2.24, 2.45) is 16.5 Å². The van der Waals surface area contributed by atoms with E-state index in [-0.39, 0.29) is 11.3 Å². The maximum absolute atomic E-state index is 8.83. The Kier molecular flexibility index (Phi) is 3.50. The molecular formula is C10H19NO. The summed E-state index contributed by atoms with van der Waals surface area (Å²) in [7, 11) is 0. The molecule has 12 heavy (non-hydrogen) atoms. The van der Waals surface area contributed by atoms with Gasteiger partial charge in [0.2, 0.25) is 0 Å². The Hall–Kier alpha value is -0.790. The molecule has 0 saturated carbocycles. The second-order valence-corrected chi connectivity index (χ2v) is 4.05. The molecule has 0 aromatic heterocycles. The van der Waals surface area contributed by atoms with Crippen LogP contribution in [-0.4, -0.2) is 10.9 Å². The lowest BCUT2D eigenvalue weighted by Crippen LogP contribution is -2.29. The first kappa shape index (κ1) is 11.2. The summed E-state index contributed by atoms with van der Waals surface area (Å²) >= 11 is 0. The molecule has 0 saturated heterocycles. The summed E-state index contributed by atoms with van der Waals surface area (Å²) in [5.74, 6) is 0.252. The van der Waals surface area contributed by atoms with E-state index in [0.717, 1.165) is 11.3 Å². The summed E-state index contributed by atoms with van der Waals surface area (Å²) in [6, 6.07) is 0. The highest BCUT2D eigenvalue weighted by molar-refractivity contribution is 5.93. The molecular weight excluding hydrogens is 150 g/mol. The van der Waals surface area contributed by atoms with Gasteiger partial charge in [0, 0.05) is 5.41 Å². The fourth-order valence-electron chi connectivity index (χ4n) is 1.18. The molecule has 2 heteroatoms. The third-order valence-corrected chi connectivity index (χ3v) is 2.36. The van der Waals surface area contributed by atoms with Crippen molar-refractivity contribution in [2.45, 2.75) is 34.6 Å². The highest BCUT2D eigenvalue weighted by Crippen LogP contribution is 2.29. The van der Waals surface area contributed by atoms with E-state index in [1.807, 2.05) is 34.6 Å². The van der Waals surface area contributed by atoms with Crippen molar-refractivity contribution in [1.82, 2.24) is 0 Å². The van der Waals surface area contributed by atoms with E-state index >= 15 is 0 Å². The SMILES string of the molecule is C=C(C)C(C)(C)/C(=N/O)C(C)C. The quantitative estimate of drug-likeness (QED) is 0.299. The van der Waals surface area contributed by atoms with Crippen LogP contribution < -0.4 is 0 Å². The topological polar surface area (TPSA) is 32.6 Å². The Morgan fingerprint density at radius 1 is 1.42 bits per heavy atom. The van der Waals surface area contributed by atoms with E-state index in [0.29, 0.717) is 0 Å². The van der Waals surface area contributed by atoms with Crippen molar-refractivity contribution in [1.29, 1.82) is 0 Å². The van der Waals surface area contributed by atoms with E-state index in [2.05, 4.69) is 11.7 Å². The van der Waals surface area contributed by atoms with Gasteiger partial charge < -0.3 is 5.21 Å². The molecule has 2 nitrogen and oxygen atoms in total. The highest BCUT2D eigenvalue weighted by Gasteiger charge is 2.28. The number of allylic oxidation sites excluding steroid dienone is 1. The van der Waals surface area contributed by atoms with E-state index in [4.69, 9.17) is 5.21 Å². The zero-order chi connectivity index (χ0) is 9.94. The molecule has 0 amide bonds. The van der Waals surface area contributed by atoms with Crippen LogP contribution in [0.5, 0.6) is 0 Å². The van der Waals surface area contributed by atoms with Gasteiger partial charge in [-0.1, -0.05) is 45.0 Å². The molecule has 0 atom stereocenters. The third-order valence-electron chi connectivity index (χ3n) is 2.36. The molecule has 0 rings (SSSR count). The lowest BCUT2D eigenvalue weighted by Gasteiger charge is -2.28. The molecule has 0 radical (unpaired) electrons. The van der Waals surface area contributed by atoms with Crippen LogP contribution in [-0.2, 0) is 0 Å². The van der Waals surface area contributed by atoms with Gasteiger partial charge in [-0.3, -0.25) is 0 Å². The summed E-state index contributed by atoms with van der Waals surface area (Å²) in [6.07, 6.45) is 0. The van der Waals surface area contributed by atoms with Crippen LogP contribution in [0.2, 0.25) is 0 Å². The Morgan fingerprint density at radius 3 is 1.92 bits per heavy atom. The molecule has 0 fully saturated rings. The van der Waals surface area contributed by atoms with Gasteiger partial charge >= 0.3 is 0 Å². The van der Waals surface area contributed by atoms with Gasteiger partial charge in [-0.15, -0.1) is 0 Å². The Bertz CT molecular complexity index is 202. The normalized spacial score (nSPS) is 13.7. The Labute approximate surface area is 75.0 Å². The second-order valence-electron chi connectivity index (χ2n) is 4.05. The molecule has 0 bridgehead atoms. The first-order chi connectivity index (χ1) is 5.34. The van der Waals surface area contributed by atoms with Crippen LogP contribution in [0.25, 0.3) is 0 Å². The molecule has 0 aromatic carbocycles. The zero-order valence-electron chi connectivity index (χ0n) is 8.68. The number of oxime groups is 1. The van der Waals surface area contributed by atoms with Crippen molar-refractivity contribution >= 4 is 5.71 Å². The number of nitrogens with zero attached hydrogens (tertiary/aromatic N) is 1. The second kappa shape index (κ2) is 3.74. The molecule has 0 spiro atoms. The minimum absolute atomic E-state index is 0.205. The van der Waals surface area contributed by atoms with Crippen LogP contribution in [0.3, 0.4) is 0 Å². The fourth-order valence-corrected chi connectivity index (χ4v) is 1.18. The summed E-state index contributed by atoms with van der Waals surface area (Å²) in [6.45, 7) is 13.9. The molecule has 0 aromatic rings. The lowest BCUT2D eigenvalue weighted by molar-refractivity contribution is 0.307. The highest BCUT2D eigenvalue weighted by atomic mass is 16.4. The van der Waals surface area contributed by atoms with Gasteiger partial charge in [0.05, 0.1) is 5.71 Å². The van der Waals surface area contributed by atoms with Crippen molar-refractivity contribution in [2.75, 3.05) is 0 Å². The monoisotopic (exact) mass is 169 g/mol. The van der Waals surface area contributed by atoms with Gasteiger partial charge in [-0.2, -0.15) is 0 Å². The number of hydrogen-bond donors (Lipinski definition) is 1. The van der Waals surface area contributed by atoms with Gasteiger partial charge in [0.1, 0.15) is 0 Å². The van der Waals surface area contributed by atoms with Crippen LogP contribution in [0.4, 0.5) is 0 Å². The number of rotatable bonds is 3. The van der Waals surface area contributed by atoms with Crippen LogP contribution in [0.15, 0.2) is 17.3 Å². The fraction of sp³-hybridized carbons (Fsp3) is 0.700. The van der Waals surface area contributed by atoms with Gasteiger partial charge in [0.25, 0.3) is 0 Å². The van der Waals surface area contributed by atoms with Gasteiger partial charge in [0.15, 0.2) is 0 Å². The average molecular weight is 169 g/mol. The molecule has 0 aliphatic heterocycles. The maximum Gasteiger partial charge on any atom is 0.0692 e. The molecule has 0 aliphatic rings. The zero-order valence-corrected chi connectivity index (χ0v) is 8.68. The van der Waals surface area contributed by atoms with Crippen LogP contribution in [0, 0.1) is 11.3 Å². The minimum Gasteiger partial charge on any atom is -0.411 e. The van der Waals surface area contributed by atoms with Crippen molar-refractivity contribution in [3.63, 3.8) is 0 Å². The third kappa shape index (κ3) is 2.10. The van der Waals surface area contributed by atoms with Crippen LogP contribution in [0.1, 0.15) is 34.6 Å². The maximum atomic E-state index is 8.83. The first-order valence-corrected chi connectivity index (χ1v) is 4.22. The molecule has 0 aliphatic carbocycles.